The molecule has 4 nitrogen and oxygen atoms in total. The summed E-state index contributed by atoms with van der Waals surface area (Å²) >= 11 is 1.46. The van der Waals surface area contributed by atoms with E-state index in [-0.39, 0.29) is 11.5 Å². The number of aryl methyl sites for hydroxylation is 1. The number of nitrogens with zero attached hydrogens (tertiary/aromatic N) is 1. The fourth-order valence-corrected chi connectivity index (χ4v) is 4.61. The van der Waals surface area contributed by atoms with Crippen LogP contribution in [0.15, 0.2) is 58.1 Å². The van der Waals surface area contributed by atoms with Gasteiger partial charge in [0.15, 0.2) is 0 Å². The minimum absolute atomic E-state index is 0.0430. The Morgan fingerprint density at radius 3 is 2.92 bits per heavy atom. The van der Waals surface area contributed by atoms with Gasteiger partial charge in [-0.3, -0.25) is 4.79 Å². The van der Waals surface area contributed by atoms with Crippen molar-refractivity contribution in [1.82, 2.24) is 9.97 Å². The first-order valence-corrected chi connectivity index (χ1v) is 9.23. The van der Waals surface area contributed by atoms with Gasteiger partial charge in [0, 0.05) is 16.4 Å². The predicted octanol–water partition coefficient (Wildman–Crippen LogP) is 4.52. The Labute approximate surface area is 148 Å². The predicted molar refractivity (Wildman–Crippen MR) is 99.2 cm³/mol. The Morgan fingerprint density at radius 2 is 2.08 bits per heavy atom. The second-order valence-electron chi connectivity index (χ2n) is 6.50. The van der Waals surface area contributed by atoms with Crippen molar-refractivity contribution in [2.45, 2.75) is 25.2 Å². The van der Waals surface area contributed by atoms with E-state index in [1.54, 1.807) is 12.5 Å². The number of aromatic amines is 1. The van der Waals surface area contributed by atoms with Crippen molar-refractivity contribution in [3.8, 4) is 10.4 Å². The lowest BCUT2D eigenvalue weighted by molar-refractivity contribution is 0.556. The largest absolute Gasteiger partial charge is 0.472 e. The molecule has 1 atom stereocenters. The minimum atomic E-state index is -0.0430. The molecule has 0 saturated heterocycles. The van der Waals surface area contributed by atoms with E-state index in [9.17, 15) is 4.79 Å². The highest BCUT2D eigenvalue weighted by Crippen LogP contribution is 2.34. The fraction of sp³-hybridized carbons (Fsp3) is 0.200. The van der Waals surface area contributed by atoms with E-state index in [1.165, 1.54) is 22.5 Å². The maximum Gasteiger partial charge on any atom is 0.268 e. The zero-order chi connectivity index (χ0) is 16.8. The van der Waals surface area contributed by atoms with Gasteiger partial charge < -0.3 is 9.40 Å². The Bertz CT molecular complexity index is 1110. The molecule has 3 aromatic heterocycles. The van der Waals surface area contributed by atoms with Gasteiger partial charge in [0.05, 0.1) is 18.0 Å². The zero-order valence-corrected chi connectivity index (χ0v) is 14.3. The zero-order valence-electron chi connectivity index (χ0n) is 13.5. The molecule has 0 fully saturated rings. The number of hydrogen-bond acceptors (Lipinski definition) is 4. The van der Waals surface area contributed by atoms with Crippen LogP contribution in [0, 0.1) is 0 Å². The highest BCUT2D eigenvalue weighted by atomic mass is 32.1. The summed E-state index contributed by atoms with van der Waals surface area (Å²) < 4.78 is 5.82. The van der Waals surface area contributed by atoms with E-state index in [1.807, 2.05) is 12.1 Å². The summed E-state index contributed by atoms with van der Waals surface area (Å²) in [6.45, 7) is 0. The van der Waals surface area contributed by atoms with Gasteiger partial charge in [0.1, 0.15) is 10.5 Å². The molecule has 1 N–H and O–H groups in total. The summed E-state index contributed by atoms with van der Waals surface area (Å²) in [4.78, 5) is 21.4. The van der Waals surface area contributed by atoms with Gasteiger partial charge in [0.25, 0.3) is 5.56 Å². The summed E-state index contributed by atoms with van der Waals surface area (Å²) in [5.41, 5.74) is 4.50. The van der Waals surface area contributed by atoms with Gasteiger partial charge in [-0.15, -0.1) is 11.3 Å². The number of nitrogens with one attached hydrogen (secondary N) is 1. The monoisotopic (exact) mass is 348 g/mol. The molecule has 1 aliphatic rings. The number of aromatic nitrogens is 2. The fourth-order valence-electron chi connectivity index (χ4n) is 3.63. The molecule has 0 spiro atoms. The second-order valence-corrected chi connectivity index (χ2v) is 7.55. The number of benzene rings is 1. The summed E-state index contributed by atoms with van der Waals surface area (Å²) in [7, 11) is 0. The van der Waals surface area contributed by atoms with Crippen molar-refractivity contribution in [2.24, 2.45) is 0 Å². The lowest BCUT2D eigenvalue weighted by atomic mass is 9.83. The molecule has 4 aromatic rings. The molecule has 25 heavy (non-hydrogen) atoms. The first-order chi connectivity index (χ1) is 12.3. The molecular weight excluding hydrogens is 332 g/mol. The van der Waals surface area contributed by atoms with Crippen molar-refractivity contribution in [1.29, 1.82) is 0 Å². The number of H-pyrrole nitrogens is 1. The van der Waals surface area contributed by atoms with E-state index in [0.717, 1.165) is 41.0 Å². The first-order valence-electron chi connectivity index (χ1n) is 8.41. The quantitative estimate of drug-likeness (QED) is 0.579. The van der Waals surface area contributed by atoms with Gasteiger partial charge in [0.2, 0.25) is 0 Å². The highest BCUT2D eigenvalue weighted by Gasteiger charge is 2.23. The third kappa shape index (κ3) is 2.51. The standard InChI is InChI=1S/C20H16N2O2S/c23-20-18-16(10-17(25-18)15-7-8-24-11-15)21-19(22-20)14-6-5-12-3-1-2-4-13(12)9-14/h1-4,7-8,10-11,14H,5-6,9H2,(H,21,22,23). The number of hydrogen-bond donors (Lipinski definition) is 1. The Hall–Kier alpha value is -2.66. The van der Waals surface area contributed by atoms with Crippen LogP contribution in [0.4, 0.5) is 0 Å². The Balaban J connectivity index is 1.55. The first kappa shape index (κ1) is 14.7. The highest BCUT2D eigenvalue weighted by molar-refractivity contribution is 7.22. The number of thiophene rings is 1. The normalized spacial score (nSPS) is 16.9. The van der Waals surface area contributed by atoms with Crippen molar-refractivity contribution in [3.05, 3.63) is 76.2 Å². The average Bonchev–Trinajstić information content (AvgIpc) is 3.30. The van der Waals surface area contributed by atoms with Crippen LogP contribution in [0.2, 0.25) is 0 Å². The van der Waals surface area contributed by atoms with Crippen LogP contribution in [0.1, 0.15) is 29.3 Å². The third-order valence-corrected chi connectivity index (χ3v) is 6.11. The topological polar surface area (TPSA) is 58.9 Å². The van der Waals surface area contributed by atoms with E-state index in [2.05, 4.69) is 29.2 Å². The van der Waals surface area contributed by atoms with E-state index in [0.29, 0.717) is 4.70 Å². The van der Waals surface area contributed by atoms with Gasteiger partial charge in [-0.05, 0) is 42.5 Å². The summed E-state index contributed by atoms with van der Waals surface area (Å²) in [6, 6.07) is 12.4. The molecule has 1 unspecified atom stereocenters. The van der Waals surface area contributed by atoms with Crippen molar-refractivity contribution in [2.75, 3.05) is 0 Å². The molecule has 0 aliphatic heterocycles. The summed E-state index contributed by atoms with van der Waals surface area (Å²) in [5.74, 6) is 1.08. The lowest BCUT2D eigenvalue weighted by Crippen LogP contribution is -2.19. The third-order valence-electron chi connectivity index (χ3n) is 4.94. The molecule has 1 aliphatic carbocycles. The smallest absolute Gasteiger partial charge is 0.268 e. The van der Waals surface area contributed by atoms with Crippen molar-refractivity contribution in [3.63, 3.8) is 0 Å². The lowest BCUT2D eigenvalue weighted by Gasteiger charge is -2.23. The van der Waals surface area contributed by atoms with Crippen molar-refractivity contribution >= 4 is 21.6 Å². The van der Waals surface area contributed by atoms with Gasteiger partial charge in [-0.25, -0.2) is 4.98 Å². The molecule has 0 bridgehead atoms. The maximum absolute atomic E-state index is 12.6. The molecule has 0 saturated carbocycles. The van der Waals surface area contributed by atoms with Crippen molar-refractivity contribution < 1.29 is 4.42 Å². The molecule has 1 aromatic carbocycles. The molecule has 3 heterocycles. The molecule has 5 heteroatoms. The van der Waals surface area contributed by atoms with Crippen LogP contribution in [-0.2, 0) is 12.8 Å². The van der Waals surface area contributed by atoms with Gasteiger partial charge >= 0.3 is 0 Å². The maximum atomic E-state index is 12.6. The van der Waals surface area contributed by atoms with Crippen LogP contribution in [0.3, 0.4) is 0 Å². The molecule has 124 valence electrons. The SMILES string of the molecule is O=c1[nH]c(C2CCc3ccccc3C2)nc2cc(-c3ccoc3)sc12. The van der Waals surface area contributed by atoms with Gasteiger partial charge in [-0.1, -0.05) is 24.3 Å². The van der Waals surface area contributed by atoms with Crippen LogP contribution in [0.25, 0.3) is 20.7 Å². The molecule has 0 amide bonds. The van der Waals surface area contributed by atoms with Crippen LogP contribution in [0.5, 0.6) is 0 Å². The number of furan rings is 1. The van der Waals surface area contributed by atoms with Gasteiger partial charge in [-0.2, -0.15) is 0 Å². The van der Waals surface area contributed by atoms with Crippen LogP contribution < -0.4 is 5.56 Å². The second kappa shape index (κ2) is 5.70. The van der Waals surface area contributed by atoms with Crippen LogP contribution in [-0.4, -0.2) is 9.97 Å². The molecular formula is C20H16N2O2S. The Kier molecular flexibility index (Phi) is 3.35. The van der Waals surface area contributed by atoms with E-state index in [4.69, 9.17) is 9.40 Å². The van der Waals surface area contributed by atoms with E-state index >= 15 is 0 Å². The minimum Gasteiger partial charge on any atom is -0.472 e. The molecule has 0 radical (unpaired) electrons. The van der Waals surface area contributed by atoms with Crippen LogP contribution >= 0.6 is 11.3 Å². The number of rotatable bonds is 2. The summed E-state index contributed by atoms with van der Waals surface area (Å²) in [5, 5.41) is 0. The number of fused-ring (bicyclic) bond motifs is 2. The molecule has 5 rings (SSSR count). The van der Waals surface area contributed by atoms with E-state index < -0.39 is 0 Å². The summed E-state index contributed by atoms with van der Waals surface area (Å²) in [6.07, 6.45) is 6.32. The Morgan fingerprint density at radius 1 is 1.20 bits per heavy atom. The average molecular weight is 348 g/mol.